The third kappa shape index (κ3) is 4.30. The number of anilines is 1. The molecule has 3 aromatic carbocycles. The molecule has 2 nitrogen and oxygen atoms in total. The van der Waals surface area contributed by atoms with E-state index in [0.717, 1.165) is 17.7 Å². The lowest BCUT2D eigenvalue weighted by atomic mass is 10.1. The van der Waals surface area contributed by atoms with E-state index in [2.05, 4.69) is 17.2 Å². The molecule has 3 rings (SSSR count). The zero-order valence-corrected chi connectivity index (χ0v) is 13.1. The summed E-state index contributed by atoms with van der Waals surface area (Å²) in [6.07, 6.45) is 0. The first kappa shape index (κ1) is 16.4. The van der Waals surface area contributed by atoms with Crippen LogP contribution in [0.15, 0.2) is 72.8 Å². The van der Waals surface area contributed by atoms with Gasteiger partial charge >= 0.3 is 0 Å². The van der Waals surface area contributed by atoms with Crippen molar-refractivity contribution in [2.24, 2.45) is 0 Å². The minimum Gasteiger partial charge on any atom is -0.322 e. The van der Waals surface area contributed by atoms with E-state index in [4.69, 9.17) is 0 Å². The number of nitrogens with one attached hydrogen (secondary N) is 1. The average Bonchev–Trinajstić information content (AvgIpc) is 2.61. The average molecular weight is 333 g/mol. The summed E-state index contributed by atoms with van der Waals surface area (Å²) in [5.74, 6) is 3.75. The van der Waals surface area contributed by atoms with Gasteiger partial charge in [0.15, 0.2) is 0 Å². The monoisotopic (exact) mass is 333 g/mol. The molecule has 1 N–H and O–H groups in total. The number of halogens is 2. The van der Waals surface area contributed by atoms with E-state index in [0.29, 0.717) is 17.3 Å². The number of rotatable bonds is 2. The van der Waals surface area contributed by atoms with E-state index in [-0.39, 0.29) is 5.56 Å². The molecule has 3 aromatic rings. The summed E-state index contributed by atoms with van der Waals surface area (Å²) in [4.78, 5) is 12.1. The van der Waals surface area contributed by atoms with Crippen LogP contribution in [0.5, 0.6) is 0 Å². The first-order chi connectivity index (χ1) is 12.1. The number of benzene rings is 3. The van der Waals surface area contributed by atoms with Crippen LogP contribution >= 0.6 is 0 Å². The normalized spacial score (nSPS) is 9.84. The number of carbonyl (C=O) groups excluding carboxylic acids is 1. The van der Waals surface area contributed by atoms with Crippen molar-refractivity contribution < 1.29 is 13.6 Å². The van der Waals surface area contributed by atoms with Crippen molar-refractivity contribution in [2.75, 3.05) is 5.32 Å². The lowest BCUT2D eigenvalue weighted by molar-refractivity contribution is 0.102. The highest BCUT2D eigenvalue weighted by atomic mass is 19.1. The van der Waals surface area contributed by atoms with Crippen LogP contribution in [-0.4, -0.2) is 5.91 Å². The van der Waals surface area contributed by atoms with Gasteiger partial charge in [-0.1, -0.05) is 36.1 Å². The highest BCUT2D eigenvalue weighted by Crippen LogP contribution is 2.14. The Labute approximate surface area is 144 Å². The Balaban J connectivity index is 1.78. The largest absolute Gasteiger partial charge is 0.322 e. The zero-order valence-electron chi connectivity index (χ0n) is 13.1. The first-order valence-corrected chi connectivity index (χ1v) is 7.55. The van der Waals surface area contributed by atoms with Crippen molar-refractivity contribution >= 4 is 11.6 Å². The van der Waals surface area contributed by atoms with Gasteiger partial charge in [-0.25, -0.2) is 8.78 Å². The van der Waals surface area contributed by atoms with Gasteiger partial charge in [-0.05, 0) is 42.5 Å². The van der Waals surface area contributed by atoms with E-state index >= 15 is 0 Å². The predicted molar refractivity (Wildman–Crippen MR) is 93.2 cm³/mol. The van der Waals surface area contributed by atoms with Crippen molar-refractivity contribution in [3.05, 3.63) is 101 Å². The topological polar surface area (TPSA) is 29.1 Å². The minimum absolute atomic E-state index is 0.220. The fourth-order valence-electron chi connectivity index (χ4n) is 2.21. The molecular weight excluding hydrogens is 320 g/mol. The Kier molecular flexibility index (Phi) is 4.87. The van der Waals surface area contributed by atoms with Crippen LogP contribution in [0.3, 0.4) is 0 Å². The molecule has 0 spiro atoms. The molecule has 0 radical (unpaired) electrons. The van der Waals surface area contributed by atoms with E-state index in [9.17, 15) is 13.6 Å². The summed E-state index contributed by atoms with van der Waals surface area (Å²) in [6.45, 7) is 0. The third-order valence-corrected chi connectivity index (χ3v) is 3.42. The van der Waals surface area contributed by atoms with Crippen molar-refractivity contribution in [3.8, 4) is 11.8 Å². The Hall–Kier alpha value is -3.45. The van der Waals surface area contributed by atoms with Crippen LogP contribution in [0.1, 0.15) is 21.5 Å². The molecule has 0 aliphatic heterocycles. The Morgan fingerprint density at radius 2 is 1.52 bits per heavy atom. The molecule has 0 atom stereocenters. The maximum Gasteiger partial charge on any atom is 0.258 e. The second-order valence-corrected chi connectivity index (χ2v) is 5.28. The van der Waals surface area contributed by atoms with Gasteiger partial charge in [0.25, 0.3) is 5.91 Å². The van der Waals surface area contributed by atoms with Crippen LogP contribution in [0.4, 0.5) is 14.5 Å². The highest BCUT2D eigenvalue weighted by Gasteiger charge is 2.12. The highest BCUT2D eigenvalue weighted by molar-refractivity contribution is 6.04. The first-order valence-electron chi connectivity index (χ1n) is 7.55. The lowest BCUT2D eigenvalue weighted by Crippen LogP contribution is -2.14. The smallest absolute Gasteiger partial charge is 0.258 e. The molecular formula is C21H13F2NO. The summed E-state index contributed by atoms with van der Waals surface area (Å²) in [5, 5.41) is 2.59. The third-order valence-electron chi connectivity index (χ3n) is 3.42. The summed E-state index contributed by atoms with van der Waals surface area (Å²) >= 11 is 0. The number of hydrogen-bond donors (Lipinski definition) is 1. The van der Waals surface area contributed by atoms with Gasteiger partial charge in [0.1, 0.15) is 11.6 Å². The summed E-state index contributed by atoms with van der Waals surface area (Å²) in [7, 11) is 0. The lowest BCUT2D eigenvalue weighted by Gasteiger charge is -2.06. The second kappa shape index (κ2) is 7.41. The predicted octanol–water partition coefficient (Wildman–Crippen LogP) is 4.62. The molecule has 4 heteroatoms. The van der Waals surface area contributed by atoms with Crippen molar-refractivity contribution in [2.45, 2.75) is 0 Å². The molecule has 0 aliphatic carbocycles. The van der Waals surface area contributed by atoms with Gasteiger partial charge in [0.2, 0.25) is 0 Å². The quantitative estimate of drug-likeness (QED) is 0.681. The Morgan fingerprint density at radius 3 is 2.28 bits per heavy atom. The molecule has 0 aromatic heterocycles. The molecule has 25 heavy (non-hydrogen) atoms. The molecule has 0 saturated carbocycles. The van der Waals surface area contributed by atoms with E-state index in [1.807, 2.05) is 36.4 Å². The van der Waals surface area contributed by atoms with Crippen LogP contribution in [0, 0.1) is 23.5 Å². The van der Waals surface area contributed by atoms with Crippen LogP contribution < -0.4 is 5.32 Å². The maximum atomic E-state index is 13.7. The molecule has 122 valence electrons. The fraction of sp³-hybridized carbons (Fsp3) is 0. The van der Waals surface area contributed by atoms with Gasteiger partial charge in [0.05, 0.1) is 5.56 Å². The molecule has 1 amide bonds. The van der Waals surface area contributed by atoms with Crippen molar-refractivity contribution in [3.63, 3.8) is 0 Å². The molecule has 0 aliphatic rings. The number of hydrogen-bond acceptors (Lipinski definition) is 1. The molecule has 0 heterocycles. The number of amides is 1. The molecule has 0 unspecified atom stereocenters. The molecule has 0 bridgehead atoms. The van der Waals surface area contributed by atoms with Gasteiger partial charge in [-0.2, -0.15) is 0 Å². The Morgan fingerprint density at radius 1 is 0.800 bits per heavy atom. The van der Waals surface area contributed by atoms with Crippen molar-refractivity contribution in [1.82, 2.24) is 0 Å². The van der Waals surface area contributed by atoms with Gasteiger partial charge in [0, 0.05) is 22.9 Å². The summed E-state index contributed by atoms with van der Waals surface area (Å²) < 4.78 is 26.6. The van der Waals surface area contributed by atoms with Gasteiger partial charge in [-0.15, -0.1) is 0 Å². The zero-order chi connectivity index (χ0) is 17.6. The standard InChI is InChI=1S/C21H13F2NO/c22-17-11-12-19(20(23)14-17)21(25)24-18-8-4-7-16(13-18)10-9-15-5-2-1-3-6-15/h1-8,11-14H,(H,24,25). The van der Waals surface area contributed by atoms with E-state index in [1.165, 1.54) is 0 Å². The van der Waals surface area contributed by atoms with Crippen LogP contribution in [0.25, 0.3) is 0 Å². The van der Waals surface area contributed by atoms with Gasteiger partial charge < -0.3 is 5.32 Å². The van der Waals surface area contributed by atoms with E-state index < -0.39 is 17.5 Å². The molecule has 0 saturated heterocycles. The van der Waals surface area contributed by atoms with Gasteiger partial charge in [-0.3, -0.25) is 4.79 Å². The SMILES string of the molecule is O=C(Nc1cccc(C#Cc2ccccc2)c1)c1ccc(F)cc1F. The second-order valence-electron chi connectivity index (χ2n) is 5.28. The molecule has 0 fully saturated rings. The Bertz CT molecular complexity index is 972. The van der Waals surface area contributed by atoms with Crippen LogP contribution in [-0.2, 0) is 0 Å². The number of carbonyl (C=O) groups is 1. The maximum absolute atomic E-state index is 13.7. The van der Waals surface area contributed by atoms with E-state index in [1.54, 1.807) is 18.2 Å². The van der Waals surface area contributed by atoms with Crippen LogP contribution in [0.2, 0.25) is 0 Å². The van der Waals surface area contributed by atoms with Crippen molar-refractivity contribution in [1.29, 1.82) is 0 Å². The fourth-order valence-corrected chi connectivity index (χ4v) is 2.21. The summed E-state index contributed by atoms with van der Waals surface area (Å²) in [6, 6.07) is 19.3. The minimum atomic E-state index is -0.905. The summed E-state index contributed by atoms with van der Waals surface area (Å²) in [5.41, 5.74) is 1.85.